The van der Waals surface area contributed by atoms with Gasteiger partial charge >= 0.3 is 0 Å². The first kappa shape index (κ1) is 24.5. The summed E-state index contributed by atoms with van der Waals surface area (Å²) < 4.78 is 17.1. The Labute approximate surface area is 182 Å². The van der Waals surface area contributed by atoms with E-state index >= 15 is 0 Å². The molecule has 0 aliphatic heterocycles. The summed E-state index contributed by atoms with van der Waals surface area (Å²) in [5.41, 5.74) is 0. The van der Waals surface area contributed by atoms with Gasteiger partial charge in [0.1, 0.15) is 0 Å². The van der Waals surface area contributed by atoms with Crippen molar-refractivity contribution < 1.29 is 19.0 Å². The normalized spacial score (nSPS) is 13.8. The highest BCUT2D eigenvalue weighted by Crippen LogP contribution is 2.36. The quantitative estimate of drug-likeness (QED) is 0.255. The second-order valence-electron chi connectivity index (χ2n) is 8.43. The van der Waals surface area contributed by atoms with Gasteiger partial charge in [0, 0.05) is 27.2 Å². The lowest BCUT2D eigenvalue weighted by atomic mass is 10.2. The van der Waals surface area contributed by atoms with E-state index < -0.39 is 20.7 Å². The maximum atomic E-state index is 10.1. The molecule has 1 N–H and O–H groups in total. The molecule has 30 heavy (non-hydrogen) atoms. The number of rotatable bonds is 11. The molecule has 0 heterocycles. The van der Waals surface area contributed by atoms with Gasteiger partial charge in [-0.3, -0.25) is 0 Å². The van der Waals surface area contributed by atoms with Crippen molar-refractivity contribution in [2.24, 2.45) is 0 Å². The van der Waals surface area contributed by atoms with Crippen LogP contribution in [-0.2, 0) is 13.9 Å². The third-order valence-corrected chi connectivity index (χ3v) is 10.4. The van der Waals surface area contributed by atoms with Crippen molar-refractivity contribution in [3.63, 3.8) is 0 Å². The van der Waals surface area contributed by atoms with Crippen LogP contribution in [0.3, 0.4) is 0 Å². The third kappa shape index (κ3) is 6.12. The standard InChI is InChI=1S/C25H36O4Si/c1-25(2,3)30(22-15-8-6-9-16-22,23-17-10-7-11-18-23)29-19-13-12-14-21(26)20-24(27-4)28-5/h6-12,14-18,21,24,26H,13,19-20H2,1-5H3/b14-12+/t21-/m0/s1. The Hall–Kier alpha value is -1.76. The Balaban J connectivity index is 2.18. The fraction of sp³-hybridized carbons (Fsp3) is 0.440. The molecule has 0 aliphatic rings. The van der Waals surface area contributed by atoms with Gasteiger partial charge in [-0.1, -0.05) is 93.6 Å². The first-order valence-corrected chi connectivity index (χ1v) is 12.4. The van der Waals surface area contributed by atoms with Crippen molar-refractivity contribution in [3.8, 4) is 0 Å². The second-order valence-corrected chi connectivity index (χ2v) is 12.7. The lowest BCUT2D eigenvalue weighted by molar-refractivity contribution is -0.118. The van der Waals surface area contributed by atoms with Crippen LogP contribution in [0.5, 0.6) is 0 Å². The molecule has 2 aromatic carbocycles. The van der Waals surface area contributed by atoms with Crippen LogP contribution < -0.4 is 10.4 Å². The molecule has 0 amide bonds. The first-order valence-electron chi connectivity index (χ1n) is 10.5. The zero-order valence-electron chi connectivity index (χ0n) is 18.9. The fourth-order valence-corrected chi connectivity index (χ4v) is 8.44. The van der Waals surface area contributed by atoms with Gasteiger partial charge in [0.2, 0.25) is 0 Å². The summed E-state index contributed by atoms with van der Waals surface area (Å²) in [5.74, 6) is 0. The number of hydrogen-bond donors (Lipinski definition) is 1. The maximum Gasteiger partial charge on any atom is 0.261 e. The summed E-state index contributed by atoms with van der Waals surface area (Å²) in [6.07, 6.45) is 3.89. The molecular weight excluding hydrogens is 392 g/mol. The minimum absolute atomic E-state index is 0.0386. The van der Waals surface area contributed by atoms with Crippen molar-refractivity contribution >= 4 is 18.7 Å². The number of ether oxygens (including phenoxy) is 2. The van der Waals surface area contributed by atoms with Gasteiger partial charge in [0.15, 0.2) is 6.29 Å². The highest BCUT2D eigenvalue weighted by Gasteiger charge is 2.49. The van der Waals surface area contributed by atoms with Gasteiger partial charge in [0.25, 0.3) is 8.32 Å². The molecule has 0 radical (unpaired) electrons. The zero-order chi connectivity index (χ0) is 22.0. The summed E-state index contributed by atoms with van der Waals surface area (Å²) in [6, 6.07) is 21.2. The van der Waals surface area contributed by atoms with Gasteiger partial charge in [-0.15, -0.1) is 0 Å². The van der Waals surface area contributed by atoms with Crippen LogP contribution in [-0.4, -0.2) is 46.6 Å². The molecule has 164 valence electrons. The maximum absolute atomic E-state index is 10.1. The average Bonchev–Trinajstić information content (AvgIpc) is 2.75. The molecule has 5 heteroatoms. The monoisotopic (exact) mass is 428 g/mol. The molecule has 0 aromatic heterocycles. The largest absolute Gasteiger partial charge is 0.407 e. The van der Waals surface area contributed by atoms with E-state index in [0.717, 1.165) is 6.42 Å². The van der Waals surface area contributed by atoms with Gasteiger partial charge < -0.3 is 19.0 Å². The third-order valence-electron chi connectivity index (χ3n) is 5.34. The highest BCUT2D eigenvalue weighted by atomic mass is 28.4. The van der Waals surface area contributed by atoms with Crippen LogP contribution in [0.4, 0.5) is 0 Å². The number of aliphatic hydroxyl groups excluding tert-OH is 1. The summed E-state index contributed by atoms with van der Waals surface area (Å²) in [6.45, 7) is 7.41. The molecule has 0 spiro atoms. The number of methoxy groups -OCH3 is 2. The van der Waals surface area contributed by atoms with E-state index in [1.807, 2.05) is 18.2 Å². The van der Waals surface area contributed by atoms with Crippen LogP contribution in [0.1, 0.15) is 33.6 Å². The SMILES string of the molecule is COC(C[C@@H](O)/C=C/CCO[Si](c1ccccc1)(c1ccccc1)C(C)(C)C)OC. The topological polar surface area (TPSA) is 47.9 Å². The van der Waals surface area contributed by atoms with E-state index in [2.05, 4.69) is 69.3 Å². The predicted molar refractivity (Wildman–Crippen MR) is 126 cm³/mol. The second kappa shape index (κ2) is 11.6. The molecule has 0 bridgehead atoms. The van der Waals surface area contributed by atoms with Gasteiger partial charge in [-0.05, 0) is 21.8 Å². The van der Waals surface area contributed by atoms with Crippen LogP contribution in [0.15, 0.2) is 72.8 Å². The van der Waals surface area contributed by atoms with E-state index in [-0.39, 0.29) is 5.04 Å². The van der Waals surface area contributed by atoms with E-state index in [1.165, 1.54) is 10.4 Å². The number of hydrogen-bond acceptors (Lipinski definition) is 4. The van der Waals surface area contributed by atoms with E-state index in [1.54, 1.807) is 20.3 Å². The van der Waals surface area contributed by atoms with Crippen molar-refractivity contribution in [3.05, 3.63) is 72.8 Å². The van der Waals surface area contributed by atoms with E-state index in [0.29, 0.717) is 13.0 Å². The Morgan fingerprint density at radius 2 is 1.40 bits per heavy atom. The summed E-state index contributed by atoms with van der Waals surface area (Å²) >= 11 is 0. The molecule has 0 saturated heterocycles. The van der Waals surface area contributed by atoms with Crippen molar-refractivity contribution in [2.45, 2.75) is 51.0 Å². The van der Waals surface area contributed by atoms with Crippen molar-refractivity contribution in [1.82, 2.24) is 0 Å². The van der Waals surface area contributed by atoms with E-state index in [4.69, 9.17) is 13.9 Å². The summed E-state index contributed by atoms with van der Waals surface area (Å²) in [5, 5.41) is 12.7. The molecule has 0 aliphatic carbocycles. The zero-order valence-corrected chi connectivity index (χ0v) is 19.9. The van der Waals surface area contributed by atoms with Gasteiger partial charge in [-0.25, -0.2) is 0 Å². The lowest BCUT2D eigenvalue weighted by Gasteiger charge is -2.43. The molecule has 2 rings (SSSR count). The van der Waals surface area contributed by atoms with Gasteiger partial charge in [-0.2, -0.15) is 0 Å². The highest BCUT2D eigenvalue weighted by molar-refractivity contribution is 6.99. The van der Waals surface area contributed by atoms with E-state index in [9.17, 15) is 5.11 Å². The molecule has 1 atom stereocenters. The minimum Gasteiger partial charge on any atom is -0.407 e. The lowest BCUT2D eigenvalue weighted by Crippen LogP contribution is -2.66. The molecular formula is C25H36O4Si. The Bertz CT molecular complexity index is 712. The number of aliphatic hydroxyl groups is 1. The van der Waals surface area contributed by atoms with Crippen LogP contribution in [0.2, 0.25) is 5.04 Å². The fourth-order valence-electron chi connectivity index (χ4n) is 3.86. The summed E-state index contributed by atoms with van der Waals surface area (Å²) in [4.78, 5) is 0. The van der Waals surface area contributed by atoms with Crippen molar-refractivity contribution in [2.75, 3.05) is 20.8 Å². The molecule has 0 unspecified atom stereocenters. The Morgan fingerprint density at radius 1 is 0.900 bits per heavy atom. The Morgan fingerprint density at radius 3 is 1.83 bits per heavy atom. The van der Waals surface area contributed by atoms with Crippen molar-refractivity contribution in [1.29, 1.82) is 0 Å². The van der Waals surface area contributed by atoms with Gasteiger partial charge in [0.05, 0.1) is 6.10 Å². The van der Waals surface area contributed by atoms with Crippen LogP contribution in [0, 0.1) is 0 Å². The Kier molecular flexibility index (Phi) is 9.46. The number of benzene rings is 2. The predicted octanol–water partition coefficient (Wildman–Crippen LogP) is 3.88. The molecule has 0 saturated carbocycles. The summed E-state index contributed by atoms with van der Waals surface area (Å²) in [7, 11) is 0.643. The van der Waals surface area contributed by atoms with Crippen LogP contribution >= 0.6 is 0 Å². The molecule has 0 fully saturated rings. The molecule has 4 nitrogen and oxygen atoms in total. The smallest absolute Gasteiger partial charge is 0.261 e. The molecule has 2 aromatic rings. The minimum atomic E-state index is -2.50. The first-order chi connectivity index (χ1) is 14.3. The van der Waals surface area contributed by atoms with Crippen LogP contribution in [0.25, 0.3) is 0 Å². The average molecular weight is 429 g/mol.